The fourth-order valence-electron chi connectivity index (χ4n) is 1.84. The zero-order chi connectivity index (χ0) is 14.5. The molecule has 0 spiro atoms. The molecule has 4 nitrogen and oxygen atoms in total. The van der Waals surface area contributed by atoms with E-state index in [4.69, 9.17) is 20.2 Å². The summed E-state index contributed by atoms with van der Waals surface area (Å²) in [5.74, 6) is 0.624. The van der Waals surface area contributed by atoms with Crippen LogP contribution in [-0.4, -0.2) is 28.2 Å². The molecule has 0 bridgehead atoms. The van der Waals surface area contributed by atoms with E-state index in [0.717, 1.165) is 6.42 Å². The predicted octanol–water partition coefficient (Wildman–Crippen LogP) is 3.04. The lowest BCUT2D eigenvalue weighted by Gasteiger charge is -2.11. The average Bonchev–Trinajstić information content (AvgIpc) is 2.25. The molecule has 0 heterocycles. The average molecular weight is 307 g/mol. The third-order valence-electron chi connectivity index (χ3n) is 2.52. The molecule has 0 N–H and O–H groups in total. The maximum absolute atomic E-state index is 11.4. The monoisotopic (exact) mass is 306 g/mol. The van der Waals surface area contributed by atoms with Crippen LogP contribution in [0.25, 0.3) is 0 Å². The Balaban J connectivity index is 2.74. The van der Waals surface area contributed by atoms with Gasteiger partial charge in [0.05, 0.1) is 11.5 Å². The first-order valence-corrected chi connectivity index (χ1v) is 8.43. The molecule has 0 saturated carbocycles. The van der Waals surface area contributed by atoms with Crippen molar-refractivity contribution in [1.82, 2.24) is 0 Å². The van der Waals surface area contributed by atoms with Crippen molar-refractivity contribution in [2.45, 2.75) is 32.1 Å². The van der Waals surface area contributed by atoms with Crippen LogP contribution >= 0.6 is 10.7 Å². The Bertz CT molecular complexity index is 502. The topological polar surface area (TPSA) is 52.6 Å². The lowest BCUT2D eigenvalue weighted by molar-refractivity contribution is 0.101. The Morgan fingerprint density at radius 1 is 1.11 bits per heavy atom. The van der Waals surface area contributed by atoms with Gasteiger partial charge < -0.3 is 9.47 Å². The van der Waals surface area contributed by atoms with Gasteiger partial charge in [0.15, 0.2) is 0 Å². The lowest BCUT2D eigenvalue weighted by Crippen LogP contribution is -2.08. The summed E-state index contributed by atoms with van der Waals surface area (Å²) in [5, 5.41) is 0. The maximum atomic E-state index is 11.4. The summed E-state index contributed by atoms with van der Waals surface area (Å²) in [7, 11) is 1.67. The van der Waals surface area contributed by atoms with Crippen molar-refractivity contribution in [3.63, 3.8) is 0 Å². The van der Waals surface area contributed by atoms with E-state index in [1.807, 2.05) is 6.92 Å². The Labute approximate surface area is 119 Å². The summed E-state index contributed by atoms with van der Waals surface area (Å²) in [6.45, 7) is 7.10. The summed E-state index contributed by atoms with van der Waals surface area (Å²) in [6, 6.07) is 3.34. The van der Waals surface area contributed by atoms with Crippen LogP contribution in [0, 0.1) is 13.8 Å². The summed E-state index contributed by atoms with van der Waals surface area (Å²) in [6.07, 6.45) is 0.973. The number of ether oxygens (including phenoxy) is 2. The number of rotatable bonds is 7. The highest BCUT2D eigenvalue weighted by molar-refractivity contribution is 8.13. The molecule has 0 atom stereocenters. The van der Waals surface area contributed by atoms with Gasteiger partial charge in [-0.1, -0.05) is 6.92 Å². The summed E-state index contributed by atoms with van der Waals surface area (Å²) >= 11 is 0. The van der Waals surface area contributed by atoms with Gasteiger partial charge in [0, 0.05) is 17.3 Å². The maximum Gasteiger partial charge on any atom is 0.261 e. The molecule has 108 valence electrons. The Kier molecular flexibility index (Phi) is 6.10. The fourth-order valence-corrected chi connectivity index (χ4v) is 3.46. The van der Waals surface area contributed by atoms with Gasteiger partial charge >= 0.3 is 0 Å². The van der Waals surface area contributed by atoms with Crippen LogP contribution in [0.5, 0.6) is 5.75 Å². The van der Waals surface area contributed by atoms with E-state index >= 15 is 0 Å². The van der Waals surface area contributed by atoms with Crippen molar-refractivity contribution < 1.29 is 17.9 Å². The highest BCUT2D eigenvalue weighted by atomic mass is 35.7. The van der Waals surface area contributed by atoms with Crippen LogP contribution in [0.15, 0.2) is 17.0 Å². The van der Waals surface area contributed by atoms with Crippen molar-refractivity contribution in [2.75, 3.05) is 19.8 Å². The first-order chi connectivity index (χ1) is 8.86. The zero-order valence-electron chi connectivity index (χ0n) is 11.4. The molecule has 0 unspecified atom stereocenters. The van der Waals surface area contributed by atoms with E-state index in [2.05, 4.69) is 0 Å². The molecular weight excluding hydrogens is 288 g/mol. The minimum absolute atomic E-state index is 0.156. The number of benzene rings is 1. The molecule has 0 radical (unpaired) electrons. The van der Waals surface area contributed by atoms with Gasteiger partial charge in [-0.15, -0.1) is 0 Å². The molecular formula is C13H19ClO4S. The van der Waals surface area contributed by atoms with E-state index in [-0.39, 0.29) is 4.90 Å². The van der Waals surface area contributed by atoms with Crippen molar-refractivity contribution in [3.05, 3.63) is 23.3 Å². The molecule has 0 fully saturated rings. The van der Waals surface area contributed by atoms with Crippen molar-refractivity contribution in [3.8, 4) is 5.75 Å². The molecule has 0 saturated heterocycles. The molecule has 0 aliphatic carbocycles. The predicted molar refractivity (Wildman–Crippen MR) is 75.6 cm³/mol. The summed E-state index contributed by atoms with van der Waals surface area (Å²) < 4.78 is 33.7. The van der Waals surface area contributed by atoms with Crippen LogP contribution < -0.4 is 4.74 Å². The molecule has 0 aliphatic heterocycles. The van der Waals surface area contributed by atoms with Gasteiger partial charge in [-0.25, -0.2) is 8.42 Å². The smallest absolute Gasteiger partial charge is 0.261 e. The largest absolute Gasteiger partial charge is 0.491 e. The van der Waals surface area contributed by atoms with E-state index in [1.54, 1.807) is 26.0 Å². The van der Waals surface area contributed by atoms with Crippen molar-refractivity contribution >= 4 is 19.7 Å². The van der Waals surface area contributed by atoms with Gasteiger partial charge in [0.2, 0.25) is 0 Å². The third-order valence-corrected chi connectivity index (χ3v) is 4.12. The number of aryl methyl sites for hydroxylation is 2. The lowest BCUT2D eigenvalue weighted by atomic mass is 10.1. The second-order valence-corrected chi connectivity index (χ2v) is 6.79. The van der Waals surface area contributed by atoms with Crippen LogP contribution in [0.4, 0.5) is 0 Å². The van der Waals surface area contributed by atoms with Gasteiger partial charge in [-0.05, 0) is 43.5 Å². The SMILES string of the molecule is CCCOCCOc1cc(C)c(S(=O)(=O)Cl)c(C)c1. The molecule has 1 aromatic rings. The number of hydrogen-bond acceptors (Lipinski definition) is 4. The Morgan fingerprint density at radius 3 is 2.16 bits per heavy atom. The fraction of sp³-hybridized carbons (Fsp3) is 0.538. The van der Waals surface area contributed by atoms with Crippen molar-refractivity contribution in [1.29, 1.82) is 0 Å². The first kappa shape index (κ1) is 16.3. The number of halogens is 1. The summed E-state index contributed by atoms with van der Waals surface area (Å²) in [5.41, 5.74) is 1.17. The standard InChI is InChI=1S/C13H19ClO4S/c1-4-5-17-6-7-18-12-8-10(2)13(11(3)9-12)19(14,15)16/h8-9H,4-7H2,1-3H3. The molecule has 1 rings (SSSR count). The minimum atomic E-state index is -3.72. The van der Waals surface area contributed by atoms with E-state index in [0.29, 0.717) is 36.7 Å². The Morgan fingerprint density at radius 2 is 1.68 bits per heavy atom. The molecule has 0 aromatic heterocycles. The second-order valence-electron chi connectivity index (χ2n) is 4.28. The second kappa shape index (κ2) is 7.12. The van der Waals surface area contributed by atoms with E-state index in [1.165, 1.54) is 0 Å². The zero-order valence-corrected chi connectivity index (χ0v) is 13.0. The van der Waals surface area contributed by atoms with E-state index < -0.39 is 9.05 Å². The molecule has 0 amide bonds. The van der Waals surface area contributed by atoms with Crippen LogP contribution in [-0.2, 0) is 13.8 Å². The van der Waals surface area contributed by atoms with Crippen LogP contribution in [0.2, 0.25) is 0 Å². The highest BCUT2D eigenvalue weighted by Gasteiger charge is 2.17. The highest BCUT2D eigenvalue weighted by Crippen LogP contribution is 2.28. The van der Waals surface area contributed by atoms with Gasteiger partial charge in [0.1, 0.15) is 12.4 Å². The van der Waals surface area contributed by atoms with Crippen molar-refractivity contribution in [2.24, 2.45) is 0 Å². The van der Waals surface area contributed by atoms with Crippen LogP contribution in [0.3, 0.4) is 0 Å². The summed E-state index contributed by atoms with van der Waals surface area (Å²) in [4.78, 5) is 0.156. The first-order valence-electron chi connectivity index (χ1n) is 6.12. The van der Waals surface area contributed by atoms with Gasteiger partial charge in [-0.3, -0.25) is 0 Å². The van der Waals surface area contributed by atoms with Gasteiger partial charge in [0.25, 0.3) is 9.05 Å². The molecule has 0 aliphatic rings. The number of hydrogen-bond donors (Lipinski definition) is 0. The van der Waals surface area contributed by atoms with Crippen LogP contribution in [0.1, 0.15) is 24.5 Å². The van der Waals surface area contributed by atoms with E-state index in [9.17, 15) is 8.42 Å². The quantitative estimate of drug-likeness (QED) is 0.574. The molecule has 19 heavy (non-hydrogen) atoms. The Hall–Kier alpha value is -0.780. The molecule has 6 heteroatoms. The third kappa shape index (κ3) is 5.01. The minimum Gasteiger partial charge on any atom is -0.491 e. The van der Waals surface area contributed by atoms with Gasteiger partial charge in [-0.2, -0.15) is 0 Å². The molecule has 1 aromatic carbocycles. The normalized spacial score (nSPS) is 11.6.